The van der Waals surface area contributed by atoms with E-state index < -0.39 is 0 Å². The summed E-state index contributed by atoms with van der Waals surface area (Å²) in [6, 6.07) is 0. The van der Waals surface area contributed by atoms with E-state index in [9.17, 15) is 0 Å². The highest BCUT2D eigenvalue weighted by Gasteiger charge is 2.57. The molecule has 18 aliphatic rings. The van der Waals surface area contributed by atoms with Gasteiger partial charge in [-0.2, -0.15) is 0 Å². The van der Waals surface area contributed by atoms with Crippen LogP contribution in [0, 0.1) is 94.7 Å². The summed E-state index contributed by atoms with van der Waals surface area (Å²) in [5, 5.41) is 67.6. The molecular weight excluding hydrogens is 1190 g/mol. The highest BCUT2D eigenvalue weighted by Crippen LogP contribution is 2.49. The van der Waals surface area contributed by atoms with E-state index in [1.165, 1.54) is 205 Å². The third-order valence-corrected chi connectivity index (χ3v) is 27.6. The minimum Gasteiger partial charge on any atom is -0.412 e. The molecule has 10 aliphatic heterocycles. The van der Waals surface area contributed by atoms with E-state index >= 15 is 0 Å². The predicted molar refractivity (Wildman–Crippen MR) is 362 cm³/mol. The standard InChI is InChI=1S/2C32H56N8.4ClH.2H2O.H4Si/c2*1-2-10-18-17(9-1)25-33-26(18)38-28-21-13-5-6-14-22(21)30(35-28)40-32-24-16-8-7-15-23(24)31(36-32)39-29-20-12-4-3-11-19(20)27(34-29)37-25;;;;;;;/h2*17-40H,1-16H2;4*1H;2*1H2;1H4. The van der Waals surface area contributed by atoms with E-state index in [1.54, 1.807) is 0 Å². The summed E-state index contributed by atoms with van der Waals surface area (Å²) in [4.78, 5) is 0. The Bertz CT molecular complexity index is 1610. The Morgan fingerprint density at radius 3 is 0.241 bits per heavy atom. The number of rotatable bonds is 0. The molecule has 8 saturated carbocycles. The zero-order valence-corrected chi connectivity index (χ0v) is 55.0. The maximum absolute atomic E-state index is 4.26. The Kier molecular flexibility index (Phi) is 24.6. The zero-order valence-electron chi connectivity index (χ0n) is 51.7. The molecule has 16 atom stereocenters. The first-order valence-corrected chi connectivity index (χ1v) is 35.8. The lowest BCUT2D eigenvalue weighted by molar-refractivity contribution is 0.167. The summed E-state index contributed by atoms with van der Waals surface area (Å²) < 4.78 is 0. The molecule has 10 saturated heterocycles. The van der Waals surface area contributed by atoms with Crippen LogP contribution in [0.25, 0.3) is 0 Å². The number of halogens is 4. The van der Waals surface area contributed by atoms with Crippen LogP contribution < -0.4 is 85.1 Å². The van der Waals surface area contributed by atoms with Crippen LogP contribution in [0.1, 0.15) is 205 Å². The van der Waals surface area contributed by atoms with Crippen molar-refractivity contribution in [3.8, 4) is 0 Å². The highest BCUT2D eigenvalue weighted by molar-refractivity contribution is 5.86. The summed E-state index contributed by atoms with van der Waals surface area (Å²) in [5.41, 5.74) is 0. The van der Waals surface area contributed by atoms with Gasteiger partial charge in [-0.3, -0.25) is 85.1 Å². The Hall–Kier alpha value is 0.657. The molecule has 0 aromatic carbocycles. The first-order valence-electron chi connectivity index (χ1n) is 35.8. The lowest BCUT2D eigenvalue weighted by atomic mass is 9.76. The molecule has 20 N–H and O–H groups in total. The van der Waals surface area contributed by atoms with Gasteiger partial charge in [0.15, 0.2) is 0 Å². The van der Waals surface area contributed by atoms with Crippen molar-refractivity contribution in [1.29, 1.82) is 0 Å². The van der Waals surface area contributed by atoms with E-state index in [0.717, 1.165) is 94.7 Å². The van der Waals surface area contributed by atoms with Crippen LogP contribution >= 0.6 is 49.6 Å². The molecule has 10 heterocycles. The molecule has 0 aromatic heterocycles. The summed E-state index contributed by atoms with van der Waals surface area (Å²) in [7, 11) is 0. The topological polar surface area (TPSA) is 255 Å². The van der Waals surface area contributed by atoms with E-state index in [4.69, 9.17) is 0 Å². The molecule has 23 heteroatoms. The van der Waals surface area contributed by atoms with Crippen LogP contribution in [0.3, 0.4) is 0 Å². The van der Waals surface area contributed by atoms with Gasteiger partial charge in [0.25, 0.3) is 0 Å². The molecule has 8 aliphatic carbocycles. The molecule has 0 radical (unpaired) electrons. The van der Waals surface area contributed by atoms with Gasteiger partial charge in [-0.1, -0.05) is 103 Å². The Labute approximate surface area is 552 Å². The Balaban J connectivity index is 0.000000178. The quantitative estimate of drug-likeness (QED) is 0.154. The summed E-state index contributed by atoms with van der Waals surface area (Å²) in [6.45, 7) is 0. The van der Waals surface area contributed by atoms with Gasteiger partial charge in [-0.25, -0.2) is 0 Å². The van der Waals surface area contributed by atoms with Crippen molar-refractivity contribution in [3.63, 3.8) is 0 Å². The molecule has 0 amide bonds. The molecule has 87 heavy (non-hydrogen) atoms. The molecule has 18 rings (SSSR count). The molecule has 18 fully saturated rings. The maximum atomic E-state index is 4.26. The van der Waals surface area contributed by atoms with Crippen LogP contribution in [0.2, 0.25) is 0 Å². The van der Waals surface area contributed by atoms with E-state index in [-0.39, 0.29) is 71.5 Å². The minimum atomic E-state index is 0. The smallest absolute Gasteiger partial charge is 0.0628 e. The first kappa shape index (κ1) is 70.5. The number of fused-ring (bicyclic) bond motifs is 40. The monoisotopic (exact) mass is 1320 g/mol. The Morgan fingerprint density at radius 2 is 0.184 bits per heavy atom. The van der Waals surface area contributed by atoms with E-state index in [1.807, 2.05) is 0 Å². The lowest BCUT2D eigenvalue weighted by Gasteiger charge is -2.35. The zero-order chi connectivity index (χ0) is 52.4. The fourth-order valence-corrected chi connectivity index (χ4v) is 23.9. The fourth-order valence-electron chi connectivity index (χ4n) is 23.9. The summed E-state index contributed by atoms with van der Waals surface area (Å²) in [5.74, 6) is 11.9. The van der Waals surface area contributed by atoms with Gasteiger partial charge in [0.2, 0.25) is 0 Å². The average Bonchev–Trinajstić information content (AvgIpc) is 3.22. The molecular formula is C64H124Cl4N16O2Si. The van der Waals surface area contributed by atoms with Gasteiger partial charge in [0, 0.05) is 0 Å². The molecule has 0 spiro atoms. The highest BCUT2D eigenvalue weighted by atomic mass is 35.5. The molecule has 16 unspecified atom stereocenters. The van der Waals surface area contributed by atoms with Crippen LogP contribution in [-0.4, -0.2) is 121 Å². The molecule has 16 bridgehead atoms. The van der Waals surface area contributed by atoms with Crippen molar-refractivity contribution < 1.29 is 11.0 Å². The number of hydrogen-bond donors (Lipinski definition) is 16. The second-order valence-electron chi connectivity index (χ2n) is 31.2. The predicted octanol–water partition coefficient (Wildman–Crippen LogP) is 3.80. The number of hydrogen-bond acceptors (Lipinski definition) is 16. The SMILES string of the molecule is C1CCC2C3NC(NC4NC(NC5NC(NC6NC(N3)C3CCCCC63)C3CCCCC53)C3CCCCC43)C2C1.C1CCC2C3NC(NC4NC(NC5NC(NC6NC(N3)C3CCCCC63)C3CCCCC53)C3CCCCC43)C2C1.Cl.Cl.Cl.Cl.O.O.[SiH4]. The van der Waals surface area contributed by atoms with Gasteiger partial charge < -0.3 is 11.0 Å². The van der Waals surface area contributed by atoms with Crippen LogP contribution in [0.5, 0.6) is 0 Å². The normalized spacial score (nSPS) is 53.0. The summed E-state index contributed by atoms with van der Waals surface area (Å²) >= 11 is 0. The third-order valence-electron chi connectivity index (χ3n) is 27.6. The molecule has 0 aromatic rings. The third kappa shape index (κ3) is 13.2. The van der Waals surface area contributed by atoms with E-state index in [2.05, 4.69) is 85.1 Å². The second-order valence-corrected chi connectivity index (χ2v) is 31.2. The first-order chi connectivity index (χ1) is 39.6. The van der Waals surface area contributed by atoms with Crippen molar-refractivity contribution in [2.75, 3.05) is 0 Å². The second kappa shape index (κ2) is 30.4. The average molecular weight is 1320 g/mol. The Morgan fingerprint density at radius 1 is 0.126 bits per heavy atom. The van der Waals surface area contributed by atoms with Crippen LogP contribution in [0.4, 0.5) is 0 Å². The largest absolute Gasteiger partial charge is 0.412 e. The van der Waals surface area contributed by atoms with Gasteiger partial charge in [0.05, 0.1) is 98.7 Å². The number of nitrogens with one attached hydrogen (secondary N) is 16. The van der Waals surface area contributed by atoms with Crippen molar-refractivity contribution >= 4 is 60.6 Å². The minimum absolute atomic E-state index is 0. The lowest BCUT2D eigenvalue weighted by Crippen LogP contribution is -2.61. The van der Waals surface area contributed by atoms with E-state index in [0.29, 0.717) is 98.7 Å². The van der Waals surface area contributed by atoms with Crippen molar-refractivity contribution in [2.45, 2.75) is 304 Å². The molecule has 504 valence electrons. The fraction of sp³-hybridized carbons (Fsp3) is 1.00. The van der Waals surface area contributed by atoms with Gasteiger partial charge in [-0.15, -0.1) is 49.6 Å². The van der Waals surface area contributed by atoms with Gasteiger partial charge >= 0.3 is 0 Å². The summed E-state index contributed by atoms with van der Waals surface area (Å²) in [6.07, 6.45) is 51.1. The van der Waals surface area contributed by atoms with Crippen LogP contribution in [0.15, 0.2) is 0 Å². The van der Waals surface area contributed by atoms with Crippen molar-refractivity contribution in [2.24, 2.45) is 94.7 Å². The van der Waals surface area contributed by atoms with Crippen molar-refractivity contribution in [1.82, 2.24) is 85.1 Å². The van der Waals surface area contributed by atoms with Crippen LogP contribution in [-0.2, 0) is 0 Å². The van der Waals surface area contributed by atoms with Gasteiger partial charge in [0.1, 0.15) is 0 Å². The van der Waals surface area contributed by atoms with Crippen molar-refractivity contribution in [3.05, 3.63) is 0 Å². The molecule has 18 nitrogen and oxygen atoms in total. The maximum Gasteiger partial charge on any atom is 0.0628 e. The van der Waals surface area contributed by atoms with Gasteiger partial charge in [-0.05, 0) is 208 Å².